The highest BCUT2D eigenvalue weighted by Crippen LogP contribution is 2.23. The van der Waals surface area contributed by atoms with Gasteiger partial charge in [0.2, 0.25) is 0 Å². The summed E-state index contributed by atoms with van der Waals surface area (Å²) in [5, 5.41) is 7.09. The Bertz CT molecular complexity index is 339. The van der Waals surface area contributed by atoms with E-state index >= 15 is 0 Å². The molecule has 0 bridgehead atoms. The maximum absolute atomic E-state index is 4.84. The van der Waals surface area contributed by atoms with Gasteiger partial charge in [-0.3, -0.25) is 4.99 Å². The Hall–Kier alpha value is -0.770. The molecule has 0 radical (unpaired) electrons. The summed E-state index contributed by atoms with van der Waals surface area (Å²) >= 11 is 0. The highest BCUT2D eigenvalue weighted by Gasteiger charge is 2.19. The summed E-state index contributed by atoms with van der Waals surface area (Å²) in [6.07, 6.45) is 9.25. The molecule has 0 aromatic carbocycles. The fraction of sp³-hybridized carbons (Fsp3) is 0.947. The van der Waals surface area contributed by atoms with Crippen molar-refractivity contribution in [1.82, 2.24) is 15.5 Å². The van der Waals surface area contributed by atoms with Crippen LogP contribution >= 0.6 is 0 Å². The lowest BCUT2D eigenvalue weighted by Gasteiger charge is -2.31. The van der Waals surface area contributed by atoms with Gasteiger partial charge in [-0.1, -0.05) is 13.8 Å². The summed E-state index contributed by atoms with van der Waals surface area (Å²) in [5.74, 6) is 2.82. The monoisotopic (exact) mass is 322 g/mol. The highest BCUT2D eigenvalue weighted by molar-refractivity contribution is 5.80. The van der Waals surface area contributed by atoms with Crippen molar-refractivity contribution in [3.05, 3.63) is 0 Å². The molecule has 2 N–H and O–H groups in total. The van der Waals surface area contributed by atoms with Gasteiger partial charge >= 0.3 is 0 Å². The zero-order valence-electron chi connectivity index (χ0n) is 15.6. The minimum Gasteiger partial charge on any atom is -0.357 e. The van der Waals surface area contributed by atoms with Crippen molar-refractivity contribution >= 4 is 5.96 Å². The van der Waals surface area contributed by atoms with Gasteiger partial charge in [-0.25, -0.2) is 0 Å². The van der Waals surface area contributed by atoms with Gasteiger partial charge < -0.3 is 15.5 Å². The first kappa shape index (κ1) is 18.6. The number of piperidine rings is 1. The first-order valence-electron chi connectivity index (χ1n) is 9.98. The van der Waals surface area contributed by atoms with Gasteiger partial charge in [0.15, 0.2) is 5.96 Å². The molecule has 1 aliphatic carbocycles. The minimum absolute atomic E-state index is 0.622. The van der Waals surface area contributed by atoms with Gasteiger partial charge in [0.1, 0.15) is 0 Å². The first-order valence-corrected chi connectivity index (χ1v) is 9.98. The van der Waals surface area contributed by atoms with Crippen molar-refractivity contribution in [2.75, 3.05) is 32.7 Å². The van der Waals surface area contributed by atoms with Crippen molar-refractivity contribution < 1.29 is 0 Å². The average Bonchev–Trinajstić information content (AvgIpc) is 2.58. The van der Waals surface area contributed by atoms with Crippen LogP contribution in [0.1, 0.15) is 65.7 Å². The third-order valence-corrected chi connectivity index (χ3v) is 5.66. The summed E-state index contributed by atoms with van der Waals surface area (Å²) in [7, 11) is 0. The Labute approximate surface area is 143 Å². The summed E-state index contributed by atoms with van der Waals surface area (Å²) in [6, 6.07) is 0.622. The van der Waals surface area contributed by atoms with Crippen LogP contribution in [0.25, 0.3) is 0 Å². The van der Waals surface area contributed by atoms with E-state index in [1.807, 2.05) is 0 Å². The second-order valence-electron chi connectivity index (χ2n) is 7.53. The van der Waals surface area contributed by atoms with Crippen LogP contribution in [0.3, 0.4) is 0 Å². The summed E-state index contributed by atoms with van der Waals surface area (Å²) in [6.45, 7) is 12.5. The number of hydrogen-bond acceptors (Lipinski definition) is 2. The molecule has 0 atom stereocenters. The summed E-state index contributed by atoms with van der Waals surface area (Å²) in [4.78, 5) is 7.41. The number of likely N-dealkylation sites (tertiary alicyclic amines) is 1. The van der Waals surface area contributed by atoms with E-state index in [9.17, 15) is 0 Å². The van der Waals surface area contributed by atoms with Crippen molar-refractivity contribution in [2.45, 2.75) is 71.8 Å². The predicted molar refractivity (Wildman–Crippen MR) is 100.0 cm³/mol. The molecule has 1 saturated heterocycles. The van der Waals surface area contributed by atoms with Crippen LogP contribution in [-0.2, 0) is 0 Å². The van der Waals surface area contributed by atoms with E-state index in [0.29, 0.717) is 6.04 Å². The van der Waals surface area contributed by atoms with E-state index < -0.39 is 0 Å². The molecular formula is C19H38N4. The molecule has 1 saturated carbocycles. The molecular weight excluding hydrogens is 284 g/mol. The fourth-order valence-corrected chi connectivity index (χ4v) is 3.87. The summed E-state index contributed by atoms with van der Waals surface area (Å²) < 4.78 is 0. The fourth-order valence-electron chi connectivity index (χ4n) is 3.87. The maximum Gasteiger partial charge on any atom is 0.191 e. The zero-order valence-corrected chi connectivity index (χ0v) is 15.6. The molecule has 4 nitrogen and oxygen atoms in total. The number of guanidine groups is 1. The molecule has 4 heteroatoms. The quantitative estimate of drug-likeness (QED) is 0.582. The predicted octanol–water partition coefficient (Wildman–Crippen LogP) is 3.24. The largest absolute Gasteiger partial charge is 0.357 e. The van der Waals surface area contributed by atoms with Crippen LogP contribution < -0.4 is 10.6 Å². The minimum atomic E-state index is 0.622. The second-order valence-corrected chi connectivity index (χ2v) is 7.53. The SMILES string of the molecule is CCNC(=NCCC1CCN(CC)CC1)NC1CCC(C)CC1. The Kier molecular flexibility index (Phi) is 8.21. The molecule has 2 rings (SSSR count). The molecule has 0 aromatic heterocycles. The molecule has 0 spiro atoms. The maximum atomic E-state index is 4.84. The number of rotatable bonds is 6. The molecule has 0 aromatic rings. The van der Waals surface area contributed by atoms with Crippen molar-refractivity contribution in [3.8, 4) is 0 Å². The molecule has 23 heavy (non-hydrogen) atoms. The molecule has 2 fully saturated rings. The number of hydrogen-bond donors (Lipinski definition) is 2. The smallest absolute Gasteiger partial charge is 0.191 e. The van der Waals surface area contributed by atoms with Crippen LogP contribution in [0.2, 0.25) is 0 Å². The lowest BCUT2D eigenvalue weighted by atomic mass is 9.87. The van der Waals surface area contributed by atoms with Crippen molar-refractivity contribution in [2.24, 2.45) is 16.8 Å². The topological polar surface area (TPSA) is 39.7 Å². The van der Waals surface area contributed by atoms with Crippen LogP contribution in [-0.4, -0.2) is 49.6 Å². The van der Waals surface area contributed by atoms with E-state index in [1.54, 1.807) is 0 Å². The number of nitrogens with one attached hydrogen (secondary N) is 2. The lowest BCUT2D eigenvalue weighted by Crippen LogP contribution is -2.44. The van der Waals surface area contributed by atoms with Gasteiger partial charge in [0.25, 0.3) is 0 Å². The van der Waals surface area contributed by atoms with Gasteiger partial charge in [0.05, 0.1) is 0 Å². The van der Waals surface area contributed by atoms with E-state index in [-0.39, 0.29) is 0 Å². The zero-order chi connectivity index (χ0) is 16.5. The first-order chi connectivity index (χ1) is 11.2. The lowest BCUT2D eigenvalue weighted by molar-refractivity contribution is 0.188. The third kappa shape index (κ3) is 6.70. The Morgan fingerprint density at radius 1 is 1.04 bits per heavy atom. The van der Waals surface area contributed by atoms with Crippen molar-refractivity contribution in [1.29, 1.82) is 0 Å². The standard InChI is InChI=1S/C19H38N4/c1-4-20-19(22-18-8-6-16(3)7-9-18)21-13-10-17-11-14-23(5-2)15-12-17/h16-18H,4-15H2,1-3H3,(H2,20,21,22). The van der Waals surface area contributed by atoms with Gasteiger partial charge in [0, 0.05) is 19.1 Å². The van der Waals surface area contributed by atoms with E-state index in [0.717, 1.165) is 30.9 Å². The molecule has 0 amide bonds. The Morgan fingerprint density at radius 3 is 2.35 bits per heavy atom. The normalized spacial score (nSPS) is 27.9. The molecule has 1 heterocycles. The van der Waals surface area contributed by atoms with E-state index in [1.165, 1.54) is 64.6 Å². The Balaban J connectivity index is 1.71. The van der Waals surface area contributed by atoms with Crippen LogP contribution in [0, 0.1) is 11.8 Å². The van der Waals surface area contributed by atoms with Gasteiger partial charge in [-0.2, -0.15) is 0 Å². The second kappa shape index (κ2) is 10.2. The summed E-state index contributed by atoms with van der Waals surface area (Å²) in [5.41, 5.74) is 0. The van der Waals surface area contributed by atoms with E-state index in [4.69, 9.17) is 4.99 Å². The van der Waals surface area contributed by atoms with Crippen LogP contribution in [0.5, 0.6) is 0 Å². The van der Waals surface area contributed by atoms with Gasteiger partial charge in [-0.15, -0.1) is 0 Å². The number of aliphatic imine (C=N–C) groups is 1. The molecule has 2 aliphatic rings. The van der Waals surface area contributed by atoms with Gasteiger partial charge in [-0.05, 0) is 83.3 Å². The molecule has 0 unspecified atom stereocenters. The van der Waals surface area contributed by atoms with Crippen molar-refractivity contribution in [3.63, 3.8) is 0 Å². The molecule has 134 valence electrons. The highest BCUT2D eigenvalue weighted by atomic mass is 15.2. The third-order valence-electron chi connectivity index (χ3n) is 5.66. The average molecular weight is 323 g/mol. The van der Waals surface area contributed by atoms with E-state index in [2.05, 4.69) is 36.3 Å². The van der Waals surface area contributed by atoms with Crippen LogP contribution in [0.4, 0.5) is 0 Å². The molecule has 1 aliphatic heterocycles. The van der Waals surface area contributed by atoms with Crippen LogP contribution in [0.15, 0.2) is 4.99 Å². The Morgan fingerprint density at radius 2 is 1.74 bits per heavy atom. The number of nitrogens with zero attached hydrogens (tertiary/aromatic N) is 2.